The van der Waals surface area contributed by atoms with Gasteiger partial charge in [0, 0.05) is 6.08 Å². The Hall–Kier alpha value is -4.39. The van der Waals surface area contributed by atoms with E-state index >= 15 is 0 Å². The number of carbonyl (C=O) groups is 3. The number of carbonyl (C=O) groups excluding carboxylic acids is 3. The van der Waals surface area contributed by atoms with Gasteiger partial charge in [-0.2, -0.15) is 0 Å². The molecule has 0 aliphatic rings. The summed E-state index contributed by atoms with van der Waals surface area (Å²) in [6, 6.07) is 20.3. The molecule has 0 saturated heterocycles. The first-order chi connectivity index (χ1) is 18.5. The molecule has 0 spiro atoms. The molecule has 3 aromatic rings. The van der Waals surface area contributed by atoms with E-state index in [1.54, 1.807) is 60.7 Å². The molecule has 3 rings (SSSR count). The van der Waals surface area contributed by atoms with Crippen LogP contribution in [0.2, 0.25) is 0 Å². The first-order valence-electron chi connectivity index (χ1n) is 12.6. The van der Waals surface area contributed by atoms with Gasteiger partial charge in [0.2, 0.25) is 0 Å². The Bertz CT molecular complexity index is 1200. The molecule has 198 valence electrons. The summed E-state index contributed by atoms with van der Waals surface area (Å²) in [6.07, 6.45) is 5.76. The van der Waals surface area contributed by atoms with E-state index in [4.69, 9.17) is 18.9 Å². The molecule has 7 nitrogen and oxygen atoms in total. The molecule has 0 saturated carbocycles. The zero-order chi connectivity index (χ0) is 27.2. The van der Waals surface area contributed by atoms with Gasteiger partial charge in [-0.25, -0.2) is 14.4 Å². The predicted molar refractivity (Wildman–Crippen MR) is 144 cm³/mol. The summed E-state index contributed by atoms with van der Waals surface area (Å²) < 4.78 is 21.4. The fourth-order valence-corrected chi connectivity index (χ4v) is 3.41. The highest BCUT2D eigenvalue weighted by Gasteiger charge is 2.12. The van der Waals surface area contributed by atoms with Crippen molar-refractivity contribution in [3.05, 3.63) is 102 Å². The van der Waals surface area contributed by atoms with Crippen molar-refractivity contribution in [2.45, 2.75) is 39.0 Å². The second-order valence-corrected chi connectivity index (χ2v) is 8.50. The lowest BCUT2D eigenvalue weighted by Crippen LogP contribution is -2.10. The quantitative estimate of drug-likeness (QED) is 0.107. The zero-order valence-corrected chi connectivity index (χ0v) is 21.5. The van der Waals surface area contributed by atoms with Crippen molar-refractivity contribution in [1.82, 2.24) is 0 Å². The van der Waals surface area contributed by atoms with Crippen molar-refractivity contribution < 1.29 is 33.3 Å². The Morgan fingerprint density at radius 3 is 1.71 bits per heavy atom. The summed E-state index contributed by atoms with van der Waals surface area (Å²) in [5.74, 6) is -0.0535. The maximum absolute atomic E-state index is 12.5. The number of ether oxygens (including phenoxy) is 4. The molecule has 0 atom stereocenters. The van der Waals surface area contributed by atoms with Crippen molar-refractivity contribution in [2.75, 3.05) is 13.2 Å². The van der Waals surface area contributed by atoms with Crippen LogP contribution in [-0.4, -0.2) is 31.1 Å². The summed E-state index contributed by atoms with van der Waals surface area (Å²) in [5.41, 5.74) is 1.92. The van der Waals surface area contributed by atoms with Gasteiger partial charge in [0.25, 0.3) is 0 Å². The monoisotopic (exact) mass is 516 g/mol. The van der Waals surface area contributed by atoms with Crippen LogP contribution < -0.4 is 14.2 Å². The summed E-state index contributed by atoms with van der Waals surface area (Å²) in [6.45, 7) is 6.25. The van der Waals surface area contributed by atoms with Crippen LogP contribution in [0.1, 0.15) is 58.9 Å². The molecular weight excluding hydrogens is 484 g/mol. The van der Waals surface area contributed by atoms with Crippen LogP contribution in [-0.2, 0) is 16.0 Å². The number of rotatable bonds is 14. The molecule has 7 heteroatoms. The molecule has 3 aromatic carbocycles. The first kappa shape index (κ1) is 28.2. The summed E-state index contributed by atoms with van der Waals surface area (Å²) in [4.78, 5) is 35.9. The zero-order valence-electron chi connectivity index (χ0n) is 21.5. The molecular formula is C31H32O7. The smallest absolute Gasteiger partial charge is 0.343 e. The van der Waals surface area contributed by atoms with Crippen LogP contribution >= 0.6 is 0 Å². The molecule has 0 aliphatic heterocycles. The molecule has 0 aromatic heterocycles. The van der Waals surface area contributed by atoms with Gasteiger partial charge in [0.1, 0.15) is 17.2 Å². The largest absolute Gasteiger partial charge is 0.494 e. The molecule has 0 fully saturated rings. The van der Waals surface area contributed by atoms with Crippen LogP contribution in [0.3, 0.4) is 0 Å². The van der Waals surface area contributed by atoms with Crippen molar-refractivity contribution in [3.63, 3.8) is 0 Å². The Kier molecular flexibility index (Phi) is 11.1. The standard InChI is InChI=1S/C31H32O7/c1-3-5-8-23-9-15-27(16-10-23)37-31(34)25-13-19-28(20-14-25)38-30(33)24-11-17-26(18-12-24)35-21-6-7-22-36-29(32)4-2/h4,9-20H,2-3,5-8,21-22H2,1H3. The van der Waals surface area contributed by atoms with Crippen LogP contribution in [0.4, 0.5) is 0 Å². The van der Waals surface area contributed by atoms with Gasteiger partial charge in [0.05, 0.1) is 24.3 Å². The van der Waals surface area contributed by atoms with E-state index in [0.717, 1.165) is 25.3 Å². The Morgan fingerprint density at radius 2 is 1.18 bits per heavy atom. The van der Waals surface area contributed by atoms with Crippen molar-refractivity contribution in [3.8, 4) is 17.2 Å². The molecule has 0 amide bonds. The minimum absolute atomic E-state index is 0.310. The average Bonchev–Trinajstić information content (AvgIpc) is 2.95. The fraction of sp³-hybridized carbons (Fsp3) is 0.258. The highest BCUT2D eigenvalue weighted by Crippen LogP contribution is 2.19. The van der Waals surface area contributed by atoms with Crippen molar-refractivity contribution >= 4 is 17.9 Å². The van der Waals surface area contributed by atoms with E-state index < -0.39 is 17.9 Å². The average molecular weight is 517 g/mol. The molecule has 0 aliphatic carbocycles. The van der Waals surface area contributed by atoms with E-state index in [0.29, 0.717) is 54.4 Å². The third kappa shape index (κ3) is 9.24. The van der Waals surface area contributed by atoms with Crippen LogP contribution in [0.5, 0.6) is 17.2 Å². The van der Waals surface area contributed by atoms with Gasteiger partial charge < -0.3 is 18.9 Å². The Balaban J connectivity index is 1.43. The van der Waals surface area contributed by atoms with Crippen LogP contribution in [0, 0.1) is 0 Å². The number of benzene rings is 3. The maximum atomic E-state index is 12.5. The van der Waals surface area contributed by atoms with Crippen LogP contribution in [0.15, 0.2) is 85.5 Å². The first-order valence-corrected chi connectivity index (χ1v) is 12.6. The summed E-state index contributed by atoms with van der Waals surface area (Å²) in [5, 5.41) is 0. The Labute approximate surface area is 223 Å². The van der Waals surface area contributed by atoms with Gasteiger partial charge in [-0.05, 0) is 91.9 Å². The molecule has 0 radical (unpaired) electrons. The number of hydrogen-bond donors (Lipinski definition) is 0. The second kappa shape index (κ2) is 15.0. The van der Waals surface area contributed by atoms with Gasteiger partial charge in [-0.1, -0.05) is 32.1 Å². The SMILES string of the molecule is C=CC(=O)OCCCCOc1ccc(C(=O)Oc2ccc(C(=O)Oc3ccc(CCCC)cc3)cc2)cc1. The predicted octanol–water partition coefficient (Wildman–Crippen LogP) is 6.36. The van der Waals surface area contributed by atoms with Crippen molar-refractivity contribution in [2.24, 2.45) is 0 Å². The molecule has 0 bridgehead atoms. The van der Waals surface area contributed by atoms with Crippen molar-refractivity contribution in [1.29, 1.82) is 0 Å². The molecule has 0 unspecified atom stereocenters. The normalized spacial score (nSPS) is 10.3. The minimum Gasteiger partial charge on any atom is -0.494 e. The third-order valence-corrected chi connectivity index (χ3v) is 5.56. The minimum atomic E-state index is -0.529. The van der Waals surface area contributed by atoms with Gasteiger partial charge in [0.15, 0.2) is 0 Å². The van der Waals surface area contributed by atoms with Gasteiger partial charge in [-0.15, -0.1) is 0 Å². The lowest BCUT2D eigenvalue weighted by molar-refractivity contribution is -0.137. The summed E-state index contributed by atoms with van der Waals surface area (Å²) in [7, 11) is 0. The molecule has 0 heterocycles. The topological polar surface area (TPSA) is 88.1 Å². The fourth-order valence-electron chi connectivity index (χ4n) is 3.41. The van der Waals surface area contributed by atoms with E-state index in [1.165, 1.54) is 5.56 Å². The highest BCUT2D eigenvalue weighted by molar-refractivity contribution is 5.92. The van der Waals surface area contributed by atoms with E-state index in [-0.39, 0.29) is 0 Å². The lowest BCUT2D eigenvalue weighted by atomic mass is 10.1. The van der Waals surface area contributed by atoms with Gasteiger partial charge in [-0.3, -0.25) is 0 Å². The summed E-state index contributed by atoms with van der Waals surface area (Å²) >= 11 is 0. The van der Waals surface area contributed by atoms with E-state index in [9.17, 15) is 14.4 Å². The lowest BCUT2D eigenvalue weighted by Gasteiger charge is -2.09. The molecule has 38 heavy (non-hydrogen) atoms. The number of hydrogen-bond acceptors (Lipinski definition) is 7. The number of esters is 3. The van der Waals surface area contributed by atoms with Crippen LogP contribution in [0.25, 0.3) is 0 Å². The Morgan fingerprint density at radius 1 is 0.684 bits per heavy atom. The van der Waals surface area contributed by atoms with E-state index in [2.05, 4.69) is 13.5 Å². The number of unbranched alkanes of at least 4 members (excludes halogenated alkanes) is 2. The van der Waals surface area contributed by atoms with Gasteiger partial charge >= 0.3 is 17.9 Å². The highest BCUT2D eigenvalue weighted by atomic mass is 16.5. The number of aryl methyl sites for hydroxylation is 1. The second-order valence-electron chi connectivity index (χ2n) is 8.50. The third-order valence-electron chi connectivity index (χ3n) is 5.56. The maximum Gasteiger partial charge on any atom is 0.343 e. The van der Waals surface area contributed by atoms with E-state index in [1.807, 2.05) is 12.1 Å². The molecule has 0 N–H and O–H groups in total.